The molecule has 2 nitrogen and oxygen atoms in total. The Morgan fingerprint density at radius 1 is 1.11 bits per heavy atom. The van der Waals surface area contributed by atoms with Crippen LogP contribution in [0.15, 0.2) is 24.3 Å². The molecule has 1 unspecified atom stereocenters. The van der Waals surface area contributed by atoms with Gasteiger partial charge in [-0.3, -0.25) is 4.79 Å². The maximum Gasteiger partial charge on any atom is 0.154 e. The average molecular weight is 243 g/mol. The second-order valence-corrected chi connectivity index (χ2v) is 5.45. The molecule has 1 rings (SSSR count). The zero-order valence-electron chi connectivity index (χ0n) is 11.6. The van der Waals surface area contributed by atoms with Crippen LogP contribution in [0.2, 0.25) is 0 Å². The van der Waals surface area contributed by atoms with Crippen LogP contribution in [0.4, 0.5) is 0 Å². The highest BCUT2D eigenvalue weighted by Gasteiger charge is 2.20. The number of carbonyl (C=O) groups is 1. The van der Waals surface area contributed by atoms with Crippen molar-refractivity contribution in [3.05, 3.63) is 35.4 Å². The highest BCUT2D eigenvalue weighted by molar-refractivity contribution is 5.88. The number of hydrogen-bond donors (Lipinski definition) is 0. The van der Waals surface area contributed by atoms with E-state index in [9.17, 15) is 10.1 Å². The summed E-state index contributed by atoms with van der Waals surface area (Å²) >= 11 is 0. The van der Waals surface area contributed by atoms with Gasteiger partial charge in [0.2, 0.25) is 0 Å². The molecule has 0 radical (unpaired) electrons. The lowest BCUT2D eigenvalue weighted by Crippen LogP contribution is -2.13. The number of hydrogen-bond acceptors (Lipinski definition) is 2. The van der Waals surface area contributed by atoms with Gasteiger partial charge in [0.25, 0.3) is 0 Å². The number of ketones is 1. The molecular weight excluding hydrogens is 222 g/mol. The van der Waals surface area contributed by atoms with Gasteiger partial charge in [0.05, 0.1) is 6.07 Å². The summed E-state index contributed by atoms with van der Waals surface area (Å²) in [6, 6.07) is 9.94. The lowest BCUT2D eigenvalue weighted by atomic mass is 9.90. The van der Waals surface area contributed by atoms with Gasteiger partial charge in [-0.05, 0) is 23.0 Å². The van der Waals surface area contributed by atoms with Gasteiger partial charge >= 0.3 is 0 Å². The Morgan fingerprint density at radius 3 is 2.00 bits per heavy atom. The molecule has 0 spiro atoms. The van der Waals surface area contributed by atoms with Crippen molar-refractivity contribution >= 4 is 5.78 Å². The van der Waals surface area contributed by atoms with Gasteiger partial charge in [0.15, 0.2) is 5.78 Å². The van der Waals surface area contributed by atoms with E-state index in [2.05, 4.69) is 19.9 Å². The average Bonchev–Trinajstić information content (AvgIpc) is 2.29. The zero-order valence-corrected chi connectivity index (χ0v) is 11.6. The van der Waals surface area contributed by atoms with Crippen molar-refractivity contribution in [1.82, 2.24) is 0 Å². The minimum Gasteiger partial charge on any atom is -0.298 e. The maximum absolute atomic E-state index is 12.0. The zero-order chi connectivity index (χ0) is 13.7. The number of rotatable bonds is 5. The van der Waals surface area contributed by atoms with E-state index >= 15 is 0 Å². The van der Waals surface area contributed by atoms with Crippen molar-refractivity contribution < 1.29 is 4.79 Å². The summed E-state index contributed by atoms with van der Waals surface area (Å²) in [7, 11) is 0. The summed E-state index contributed by atoms with van der Waals surface area (Å²) in [6.07, 6.45) is 0.462. The number of nitriles is 1. The molecule has 0 bridgehead atoms. The smallest absolute Gasteiger partial charge is 0.154 e. The summed E-state index contributed by atoms with van der Waals surface area (Å²) in [4.78, 5) is 12.0. The lowest BCUT2D eigenvalue weighted by Gasteiger charge is -2.12. The summed E-state index contributed by atoms with van der Waals surface area (Å²) in [5.74, 6) is 0.160. The van der Waals surface area contributed by atoms with Gasteiger partial charge in [0, 0.05) is 6.42 Å². The van der Waals surface area contributed by atoms with Gasteiger partial charge < -0.3 is 0 Å². The fourth-order valence-electron chi connectivity index (χ4n) is 1.93. The summed E-state index contributed by atoms with van der Waals surface area (Å²) in [5, 5.41) is 9.17. The fraction of sp³-hybridized carbons (Fsp3) is 0.500. The molecule has 1 aromatic carbocycles. The first-order valence-corrected chi connectivity index (χ1v) is 6.48. The predicted molar refractivity (Wildman–Crippen MR) is 73.3 cm³/mol. The quantitative estimate of drug-likeness (QED) is 0.783. The Bertz CT molecular complexity index is 437. The molecule has 0 N–H and O–H groups in total. The van der Waals surface area contributed by atoms with E-state index in [-0.39, 0.29) is 5.78 Å². The first kappa shape index (κ1) is 14.4. The molecule has 0 aromatic heterocycles. The van der Waals surface area contributed by atoms with E-state index in [4.69, 9.17) is 0 Å². The SMILES string of the molecule is CC(C)CC(=O)C(C#N)c1ccc(C(C)C)cc1. The molecule has 0 saturated heterocycles. The van der Waals surface area contributed by atoms with E-state index in [0.717, 1.165) is 5.56 Å². The van der Waals surface area contributed by atoms with Crippen LogP contribution in [0.3, 0.4) is 0 Å². The third-order valence-corrected chi connectivity index (χ3v) is 3.00. The van der Waals surface area contributed by atoms with E-state index < -0.39 is 5.92 Å². The Balaban J connectivity index is 2.90. The van der Waals surface area contributed by atoms with E-state index in [0.29, 0.717) is 18.3 Å². The molecular formula is C16H21NO. The molecule has 2 heteroatoms. The molecule has 96 valence electrons. The third kappa shape index (κ3) is 3.70. The van der Waals surface area contributed by atoms with Crippen molar-refractivity contribution in [3.63, 3.8) is 0 Å². The van der Waals surface area contributed by atoms with Crippen LogP contribution in [-0.4, -0.2) is 5.78 Å². The maximum atomic E-state index is 12.0. The molecule has 0 aliphatic heterocycles. The number of carbonyl (C=O) groups excluding carboxylic acids is 1. The minimum atomic E-state index is -0.617. The molecule has 0 saturated carbocycles. The van der Waals surface area contributed by atoms with Gasteiger partial charge in [-0.1, -0.05) is 52.0 Å². The fourth-order valence-corrected chi connectivity index (χ4v) is 1.93. The standard InChI is InChI=1S/C16H21NO/c1-11(2)9-16(18)15(10-17)14-7-5-13(6-8-14)12(3)4/h5-8,11-12,15H,9H2,1-4H3. The summed E-state index contributed by atoms with van der Waals surface area (Å²) in [6.45, 7) is 8.24. The first-order chi connectivity index (χ1) is 8.45. The Morgan fingerprint density at radius 2 is 1.61 bits per heavy atom. The van der Waals surface area contributed by atoms with Gasteiger partial charge in [-0.2, -0.15) is 5.26 Å². The topological polar surface area (TPSA) is 40.9 Å². The monoisotopic (exact) mass is 243 g/mol. The predicted octanol–water partition coefficient (Wildman–Crippen LogP) is 4.03. The summed E-state index contributed by atoms with van der Waals surface area (Å²) in [5.41, 5.74) is 2.04. The lowest BCUT2D eigenvalue weighted by molar-refractivity contribution is -0.120. The van der Waals surface area contributed by atoms with E-state index in [1.54, 1.807) is 0 Å². The van der Waals surface area contributed by atoms with Crippen LogP contribution in [0.25, 0.3) is 0 Å². The Labute approximate surface area is 110 Å². The molecule has 1 aromatic rings. The molecule has 18 heavy (non-hydrogen) atoms. The van der Waals surface area contributed by atoms with E-state index in [1.165, 1.54) is 5.56 Å². The number of benzene rings is 1. The van der Waals surface area contributed by atoms with Gasteiger partial charge in [-0.25, -0.2) is 0 Å². The third-order valence-electron chi connectivity index (χ3n) is 3.00. The van der Waals surface area contributed by atoms with Crippen molar-refractivity contribution in [2.45, 2.75) is 46.0 Å². The summed E-state index contributed by atoms with van der Waals surface area (Å²) < 4.78 is 0. The van der Waals surface area contributed by atoms with Gasteiger partial charge in [-0.15, -0.1) is 0 Å². The largest absolute Gasteiger partial charge is 0.298 e. The second kappa shape index (κ2) is 6.35. The van der Waals surface area contributed by atoms with Crippen molar-refractivity contribution in [2.24, 2.45) is 5.92 Å². The van der Waals surface area contributed by atoms with E-state index in [1.807, 2.05) is 38.1 Å². The highest BCUT2D eigenvalue weighted by atomic mass is 16.1. The first-order valence-electron chi connectivity index (χ1n) is 6.48. The van der Waals surface area contributed by atoms with Crippen molar-refractivity contribution in [3.8, 4) is 6.07 Å². The second-order valence-electron chi connectivity index (χ2n) is 5.45. The number of Topliss-reactive ketones (excluding diaryl/α,β-unsaturated/α-hetero) is 1. The normalized spacial score (nSPS) is 12.5. The Hall–Kier alpha value is -1.62. The van der Waals surface area contributed by atoms with Crippen LogP contribution >= 0.6 is 0 Å². The molecule has 0 aliphatic rings. The van der Waals surface area contributed by atoms with Crippen LogP contribution in [0.1, 0.15) is 57.1 Å². The molecule has 0 aliphatic carbocycles. The molecule has 1 atom stereocenters. The van der Waals surface area contributed by atoms with Crippen LogP contribution in [0, 0.1) is 17.2 Å². The van der Waals surface area contributed by atoms with Crippen molar-refractivity contribution in [1.29, 1.82) is 5.26 Å². The van der Waals surface area contributed by atoms with Crippen LogP contribution < -0.4 is 0 Å². The highest BCUT2D eigenvalue weighted by Crippen LogP contribution is 2.22. The van der Waals surface area contributed by atoms with Crippen LogP contribution in [0.5, 0.6) is 0 Å². The Kier molecular flexibility index (Phi) is 5.09. The van der Waals surface area contributed by atoms with Crippen LogP contribution in [-0.2, 0) is 4.79 Å². The molecule has 0 amide bonds. The molecule has 0 heterocycles. The van der Waals surface area contributed by atoms with Crippen molar-refractivity contribution in [2.75, 3.05) is 0 Å². The van der Waals surface area contributed by atoms with Gasteiger partial charge in [0.1, 0.15) is 5.92 Å². The minimum absolute atomic E-state index is 0.0183. The number of nitrogens with zero attached hydrogens (tertiary/aromatic N) is 1. The molecule has 0 fully saturated rings.